The Morgan fingerprint density at radius 1 is 1.25 bits per heavy atom. The van der Waals surface area contributed by atoms with Gasteiger partial charge in [-0.3, -0.25) is 4.79 Å². The third-order valence-corrected chi connectivity index (χ3v) is 2.06. The lowest BCUT2D eigenvalue weighted by Gasteiger charge is -2.03. The van der Waals surface area contributed by atoms with Gasteiger partial charge in [-0.25, -0.2) is 0 Å². The second kappa shape index (κ2) is 8.07. The second-order valence-electron chi connectivity index (χ2n) is 3.44. The molecule has 0 unspecified atom stereocenters. The molecule has 16 heavy (non-hydrogen) atoms. The molecule has 1 aromatic heterocycles. The van der Waals surface area contributed by atoms with Crippen LogP contribution in [0.3, 0.4) is 0 Å². The number of hydrogen-bond donors (Lipinski definition) is 0. The Morgan fingerprint density at radius 2 is 2.06 bits per heavy atom. The minimum absolute atomic E-state index is 0.331. The molecule has 0 aliphatic heterocycles. The first-order valence-electron chi connectivity index (χ1n) is 5.56. The summed E-state index contributed by atoms with van der Waals surface area (Å²) in [5.41, 5.74) is 0. The van der Waals surface area contributed by atoms with Gasteiger partial charge in [0.15, 0.2) is 12.0 Å². The van der Waals surface area contributed by atoms with Crippen LogP contribution in [0.1, 0.15) is 36.1 Å². The fraction of sp³-hybridized carbons (Fsp3) is 0.583. The molecule has 0 N–H and O–H groups in total. The molecule has 1 heterocycles. The summed E-state index contributed by atoms with van der Waals surface area (Å²) in [6.45, 7) is 4.43. The van der Waals surface area contributed by atoms with Crippen molar-refractivity contribution in [2.75, 3.05) is 19.8 Å². The second-order valence-corrected chi connectivity index (χ2v) is 3.44. The SMILES string of the molecule is CCCCOCCOCc1ccc(C=O)o1. The fourth-order valence-corrected chi connectivity index (χ4v) is 1.17. The third-order valence-electron chi connectivity index (χ3n) is 2.06. The molecule has 0 saturated heterocycles. The molecule has 4 nitrogen and oxygen atoms in total. The number of aldehydes is 1. The maximum atomic E-state index is 10.3. The zero-order valence-electron chi connectivity index (χ0n) is 9.61. The van der Waals surface area contributed by atoms with Gasteiger partial charge < -0.3 is 13.9 Å². The highest BCUT2D eigenvalue weighted by Gasteiger charge is 2.00. The topological polar surface area (TPSA) is 48.7 Å². The number of ether oxygens (including phenoxy) is 2. The van der Waals surface area contributed by atoms with Crippen molar-refractivity contribution in [1.29, 1.82) is 0 Å². The van der Waals surface area contributed by atoms with Crippen molar-refractivity contribution in [3.63, 3.8) is 0 Å². The maximum Gasteiger partial charge on any atom is 0.185 e. The minimum Gasteiger partial charge on any atom is -0.456 e. The summed E-state index contributed by atoms with van der Waals surface area (Å²) < 4.78 is 15.8. The fourth-order valence-electron chi connectivity index (χ4n) is 1.17. The first-order valence-corrected chi connectivity index (χ1v) is 5.56. The third kappa shape index (κ3) is 5.09. The smallest absolute Gasteiger partial charge is 0.185 e. The molecule has 0 saturated carbocycles. The highest BCUT2D eigenvalue weighted by atomic mass is 16.5. The molecule has 90 valence electrons. The summed E-state index contributed by atoms with van der Waals surface area (Å²) >= 11 is 0. The quantitative estimate of drug-likeness (QED) is 0.479. The zero-order valence-corrected chi connectivity index (χ0v) is 9.61. The van der Waals surface area contributed by atoms with Gasteiger partial charge in [0.25, 0.3) is 0 Å². The van der Waals surface area contributed by atoms with Gasteiger partial charge in [0, 0.05) is 6.61 Å². The predicted octanol–water partition coefficient (Wildman–Crippen LogP) is 2.43. The summed E-state index contributed by atoms with van der Waals surface area (Å²) in [5, 5.41) is 0. The van der Waals surface area contributed by atoms with E-state index < -0.39 is 0 Å². The molecule has 0 radical (unpaired) electrons. The van der Waals surface area contributed by atoms with Crippen LogP contribution in [0, 0.1) is 0 Å². The van der Waals surface area contributed by atoms with Gasteiger partial charge in [-0.05, 0) is 18.6 Å². The van der Waals surface area contributed by atoms with E-state index in [9.17, 15) is 4.79 Å². The Bertz CT molecular complexity index is 293. The molecule has 0 aliphatic rings. The van der Waals surface area contributed by atoms with Crippen molar-refractivity contribution in [2.45, 2.75) is 26.4 Å². The Morgan fingerprint density at radius 3 is 2.75 bits per heavy atom. The van der Waals surface area contributed by atoms with Crippen LogP contribution in [0.4, 0.5) is 0 Å². The summed E-state index contributed by atoms with van der Waals surface area (Å²) in [5.74, 6) is 0.994. The highest BCUT2D eigenvalue weighted by Crippen LogP contribution is 2.06. The van der Waals surface area contributed by atoms with Crippen LogP contribution in [0.5, 0.6) is 0 Å². The Labute approximate surface area is 95.5 Å². The number of rotatable bonds is 9. The van der Waals surface area contributed by atoms with Gasteiger partial charge in [-0.1, -0.05) is 13.3 Å². The molecule has 0 aliphatic carbocycles. The summed E-state index contributed by atoms with van der Waals surface area (Å²) in [7, 11) is 0. The molecule has 0 amide bonds. The van der Waals surface area contributed by atoms with E-state index in [-0.39, 0.29) is 0 Å². The molecular weight excluding hydrogens is 208 g/mol. The standard InChI is InChI=1S/C12H18O4/c1-2-3-6-14-7-8-15-10-12-5-4-11(9-13)16-12/h4-5,9H,2-3,6-8,10H2,1H3. The van der Waals surface area contributed by atoms with Crippen LogP contribution < -0.4 is 0 Å². The van der Waals surface area contributed by atoms with Crippen LogP contribution in [0.15, 0.2) is 16.5 Å². The van der Waals surface area contributed by atoms with E-state index in [1.54, 1.807) is 12.1 Å². The zero-order chi connectivity index (χ0) is 11.6. The van der Waals surface area contributed by atoms with Crippen LogP contribution in [0.25, 0.3) is 0 Å². The van der Waals surface area contributed by atoms with Crippen LogP contribution in [0.2, 0.25) is 0 Å². The lowest BCUT2D eigenvalue weighted by atomic mass is 10.4. The van der Waals surface area contributed by atoms with E-state index in [0.717, 1.165) is 19.4 Å². The van der Waals surface area contributed by atoms with Crippen LogP contribution in [-0.2, 0) is 16.1 Å². The summed E-state index contributed by atoms with van der Waals surface area (Å²) in [4.78, 5) is 10.3. The number of carbonyl (C=O) groups excluding carboxylic acids is 1. The summed E-state index contributed by atoms with van der Waals surface area (Å²) in [6.07, 6.45) is 2.90. The minimum atomic E-state index is 0.331. The predicted molar refractivity (Wildman–Crippen MR) is 59.5 cm³/mol. The molecule has 0 spiro atoms. The van der Waals surface area contributed by atoms with Crippen molar-refractivity contribution < 1.29 is 18.7 Å². The number of carbonyl (C=O) groups is 1. The van der Waals surface area contributed by atoms with E-state index in [1.807, 2.05) is 0 Å². The lowest BCUT2D eigenvalue weighted by Crippen LogP contribution is -2.04. The number of unbranched alkanes of at least 4 members (excludes halogenated alkanes) is 1. The highest BCUT2D eigenvalue weighted by molar-refractivity contribution is 5.70. The van der Waals surface area contributed by atoms with E-state index in [0.29, 0.717) is 37.6 Å². The lowest BCUT2D eigenvalue weighted by molar-refractivity contribution is 0.0337. The Balaban J connectivity index is 2.00. The Kier molecular flexibility index (Phi) is 6.53. The number of hydrogen-bond acceptors (Lipinski definition) is 4. The van der Waals surface area contributed by atoms with Crippen molar-refractivity contribution in [3.05, 3.63) is 23.7 Å². The molecule has 1 rings (SSSR count). The van der Waals surface area contributed by atoms with Crippen molar-refractivity contribution in [1.82, 2.24) is 0 Å². The van der Waals surface area contributed by atoms with Gasteiger partial charge in [0.2, 0.25) is 0 Å². The summed E-state index contributed by atoms with van der Waals surface area (Å²) in [6, 6.07) is 3.37. The van der Waals surface area contributed by atoms with Gasteiger partial charge in [0.1, 0.15) is 12.4 Å². The van der Waals surface area contributed by atoms with Gasteiger partial charge >= 0.3 is 0 Å². The van der Waals surface area contributed by atoms with E-state index in [4.69, 9.17) is 13.9 Å². The van der Waals surface area contributed by atoms with Gasteiger partial charge in [0.05, 0.1) is 13.2 Å². The molecule has 0 aromatic carbocycles. The van der Waals surface area contributed by atoms with Crippen LogP contribution >= 0.6 is 0 Å². The molecular formula is C12H18O4. The van der Waals surface area contributed by atoms with Gasteiger partial charge in [-0.15, -0.1) is 0 Å². The van der Waals surface area contributed by atoms with E-state index in [1.165, 1.54) is 0 Å². The van der Waals surface area contributed by atoms with E-state index in [2.05, 4.69) is 6.92 Å². The molecule has 1 aromatic rings. The molecule has 0 atom stereocenters. The average Bonchev–Trinajstić information content (AvgIpc) is 2.76. The van der Waals surface area contributed by atoms with Crippen molar-refractivity contribution in [2.24, 2.45) is 0 Å². The largest absolute Gasteiger partial charge is 0.456 e. The molecule has 0 fully saturated rings. The van der Waals surface area contributed by atoms with E-state index >= 15 is 0 Å². The van der Waals surface area contributed by atoms with Crippen LogP contribution in [-0.4, -0.2) is 26.1 Å². The first-order chi connectivity index (χ1) is 7.86. The molecule has 4 heteroatoms. The number of furan rings is 1. The molecule has 0 bridgehead atoms. The Hall–Kier alpha value is -1.13. The van der Waals surface area contributed by atoms with Crippen molar-refractivity contribution in [3.8, 4) is 0 Å². The normalized spacial score (nSPS) is 10.6. The average molecular weight is 226 g/mol. The monoisotopic (exact) mass is 226 g/mol. The van der Waals surface area contributed by atoms with Crippen molar-refractivity contribution >= 4 is 6.29 Å². The maximum absolute atomic E-state index is 10.3. The first kappa shape index (κ1) is 12.9. The van der Waals surface area contributed by atoms with Gasteiger partial charge in [-0.2, -0.15) is 0 Å².